The van der Waals surface area contributed by atoms with Crippen LogP contribution >= 0.6 is 23.2 Å². The van der Waals surface area contributed by atoms with Crippen molar-refractivity contribution in [1.29, 1.82) is 0 Å². The molecule has 0 aliphatic carbocycles. The smallest absolute Gasteiger partial charge is 0.244 e. The van der Waals surface area contributed by atoms with Gasteiger partial charge in [0.15, 0.2) is 0 Å². The van der Waals surface area contributed by atoms with Crippen molar-refractivity contribution in [2.75, 3.05) is 10.6 Å². The molecule has 0 heterocycles. The van der Waals surface area contributed by atoms with Crippen LogP contribution in [-0.4, -0.2) is 26.6 Å². The molecule has 1 N–H and O–H groups in total. The quantitative estimate of drug-likeness (QED) is 0.484. The number of hydrogen-bond donors (Lipinski definition) is 1. The summed E-state index contributed by atoms with van der Waals surface area (Å²) in [6, 6.07) is 20.3. The molecule has 0 aliphatic heterocycles. The van der Waals surface area contributed by atoms with E-state index in [-0.39, 0.29) is 10.7 Å². The SMILES string of the molecule is Cc1ccc([C@@H](NC(=O)[C@H](C)N(c2cc(Cl)ccc2Cl)S(C)(=O)=O)c2ccccc2)cc1. The van der Waals surface area contributed by atoms with E-state index in [1.807, 2.05) is 61.5 Å². The summed E-state index contributed by atoms with van der Waals surface area (Å²) in [5.41, 5.74) is 3.01. The summed E-state index contributed by atoms with van der Waals surface area (Å²) in [5.74, 6) is -0.471. The highest BCUT2D eigenvalue weighted by Gasteiger charge is 2.32. The highest BCUT2D eigenvalue weighted by Crippen LogP contribution is 2.32. The molecule has 5 nitrogen and oxygen atoms in total. The van der Waals surface area contributed by atoms with Crippen molar-refractivity contribution in [3.8, 4) is 0 Å². The Labute approximate surface area is 199 Å². The van der Waals surface area contributed by atoms with Crippen LogP contribution in [0.1, 0.15) is 29.7 Å². The Morgan fingerprint density at radius 2 is 1.53 bits per heavy atom. The maximum atomic E-state index is 13.3. The van der Waals surface area contributed by atoms with Crippen molar-refractivity contribution in [3.63, 3.8) is 0 Å². The first kappa shape index (κ1) is 24.1. The second kappa shape index (κ2) is 9.94. The van der Waals surface area contributed by atoms with Gasteiger partial charge in [-0.25, -0.2) is 8.42 Å². The lowest BCUT2D eigenvalue weighted by molar-refractivity contribution is -0.122. The molecule has 0 aliphatic rings. The lowest BCUT2D eigenvalue weighted by Gasteiger charge is -2.30. The molecule has 1 amide bonds. The van der Waals surface area contributed by atoms with Crippen molar-refractivity contribution in [3.05, 3.63) is 99.5 Å². The summed E-state index contributed by atoms with van der Waals surface area (Å²) in [4.78, 5) is 13.3. The zero-order valence-electron chi connectivity index (χ0n) is 17.9. The number of nitrogens with one attached hydrogen (secondary N) is 1. The molecular formula is C24H24Cl2N2O3S. The van der Waals surface area contributed by atoms with Gasteiger partial charge in [-0.2, -0.15) is 0 Å². The fourth-order valence-corrected chi connectivity index (χ4v) is 5.07. The molecule has 0 radical (unpaired) electrons. The van der Waals surface area contributed by atoms with Crippen LogP contribution in [-0.2, 0) is 14.8 Å². The van der Waals surface area contributed by atoms with Crippen molar-refractivity contribution >= 4 is 44.8 Å². The third-order valence-corrected chi connectivity index (χ3v) is 6.85. The van der Waals surface area contributed by atoms with E-state index in [0.29, 0.717) is 5.02 Å². The Bertz CT molecular complexity index is 1200. The van der Waals surface area contributed by atoms with E-state index in [2.05, 4.69) is 5.32 Å². The van der Waals surface area contributed by atoms with E-state index in [9.17, 15) is 13.2 Å². The van der Waals surface area contributed by atoms with Crippen molar-refractivity contribution in [2.24, 2.45) is 0 Å². The number of anilines is 1. The van der Waals surface area contributed by atoms with Gasteiger partial charge in [-0.15, -0.1) is 0 Å². The third-order valence-electron chi connectivity index (χ3n) is 5.06. The first-order chi connectivity index (χ1) is 15.1. The van der Waals surface area contributed by atoms with Gasteiger partial charge < -0.3 is 5.32 Å². The fraction of sp³-hybridized carbons (Fsp3) is 0.208. The van der Waals surface area contributed by atoms with Gasteiger partial charge in [-0.05, 0) is 43.2 Å². The van der Waals surface area contributed by atoms with Crippen LogP contribution in [0.5, 0.6) is 0 Å². The second-order valence-corrected chi connectivity index (χ2v) is 10.3. The number of benzene rings is 3. The number of halogens is 2. The van der Waals surface area contributed by atoms with Crippen molar-refractivity contribution in [2.45, 2.75) is 25.9 Å². The van der Waals surface area contributed by atoms with Crippen molar-refractivity contribution in [1.82, 2.24) is 5.32 Å². The van der Waals surface area contributed by atoms with E-state index in [1.54, 1.807) is 6.07 Å². The zero-order valence-corrected chi connectivity index (χ0v) is 20.2. The first-order valence-corrected chi connectivity index (χ1v) is 12.5. The molecule has 0 fully saturated rings. The lowest BCUT2D eigenvalue weighted by Crippen LogP contribution is -2.49. The topological polar surface area (TPSA) is 66.5 Å². The molecule has 0 aromatic heterocycles. The van der Waals surface area contributed by atoms with E-state index >= 15 is 0 Å². The number of rotatable bonds is 7. The van der Waals surface area contributed by atoms with Crippen molar-refractivity contribution < 1.29 is 13.2 Å². The molecule has 0 saturated heterocycles. The Balaban J connectivity index is 1.98. The highest BCUT2D eigenvalue weighted by atomic mass is 35.5. The summed E-state index contributed by atoms with van der Waals surface area (Å²) in [6.45, 7) is 3.51. The van der Waals surface area contributed by atoms with Crippen LogP contribution in [0.25, 0.3) is 0 Å². The number of amides is 1. The minimum Gasteiger partial charge on any atom is -0.343 e. The summed E-state index contributed by atoms with van der Waals surface area (Å²) in [5, 5.41) is 3.49. The summed E-state index contributed by atoms with van der Waals surface area (Å²) in [7, 11) is -3.84. The Kier molecular flexibility index (Phi) is 7.49. The normalized spacial score (nSPS) is 13.3. The number of hydrogen-bond acceptors (Lipinski definition) is 3. The molecule has 3 rings (SSSR count). The molecule has 3 aromatic carbocycles. The van der Waals surface area contributed by atoms with E-state index < -0.39 is 28.0 Å². The molecule has 0 spiro atoms. The van der Waals surface area contributed by atoms with Gasteiger partial charge >= 0.3 is 0 Å². The number of carbonyl (C=O) groups excluding carboxylic acids is 1. The highest BCUT2D eigenvalue weighted by molar-refractivity contribution is 7.92. The average Bonchev–Trinajstić information content (AvgIpc) is 2.75. The van der Waals surface area contributed by atoms with Gasteiger partial charge in [0.05, 0.1) is 23.0 Å². The molecule has 3 aromatic rings. The number of carbonyl (C=O) groups is 1. The largest absolute Gasteiger partial charge is 0.343 e. The van der Waals surface area contributed by atoms with Gasteiger partial charge in [-0.1, -0.05) is 83.4 Å². The molecule has 0 bridgehead atoms. The van der Waals surface area contributed by atoms with Gasteiger partial charge in [-0.3, -0.25) is 9.10 Å². The predicted octanol–water partition coefficient (Wildman–Crippen LogP) is 5.36. The van der Waals surface area contributed by atoms with Gasteiger partial charge in [0.25, 0.3) is 0 Å². The molecule has 8 heteroatoms. The standard InChI is InChI=1S/C24H24Cl2N2O3S/c1-16-9-11-19(12-10-16)23(18-7-5-4-6-8-18)27-24(29)17(2)28(32(3,30)31)22-15-20(25)13-14-21(22)26/h4-15,17,23H,1-3H3,(H,27,29)/t17-,23-/m0/s1. The average molecular weight is 491 g/mol. The Hall–Kier alpha value is -2.54. The minimum absolute atomic E-state index is 0.149. The van der Waals surface area contributed by atoms with Crippen LogP contribution in [0, 0.1) is 6.92 Å². The molecule has 168 valence electrons. The van der Waals surface area contributed by atoms with Gasteiger partial charge in [0.1, 0.15) is 6.04 Å². The lowest BCUT2D eigenvalue weighted by atomic mass is 9.97. The Morgan fingerprint density at radius 1 is 0.938 bits per heavy atom. The van der Waals surface area contributed by atoms with Crippen LogP contribution in [0.3, 0.4) is 0 Å². The number of nitrogens with zero attached hydrogens (tertiary/aromatic N) is 1. The third kappa shape index (κ3) is 5.63. The van der Waals surface area contributed by atoms with E-state index in [4.69, 9.17) is 23.2 Å². The molecule has 2 atom stereocenters. The number of sulfonamides is 1. The summed E-state index contributed by atoms with van der Waals surface area (Å²) < 4.78 is 26.3. The minimum atomic E-state index is -3.84. The molecule has 0 unspecified atom stereocenters. The second-order valence-electron chi connectivity index (χ2n) is 7.59. The predicted molar refractivity (Wildman–Crippen MR) is 131 cm³/mol. The van der Waals surface area contributed by atoms with Crippen LogP contribution in [0.15, 0.2) is 72.8 Å². The van der Waals surface area contributed by atoms with Crippen LogP contribution in [0.4, 0.5) is 5.69 Å². The molecule has 32 heavy (non-hydrogen) atoms. The monoisotopic (exact) mass is 490 g/mol. The summed E-state index contributed by atoms with van der Waals surface area (Å²) >= 11 is 12.3. The van der Waals surface area contributed by atoms with E-state index in [0.717, 1.165) is 27.3 Å². The maximum Gasteiger partial charge on any atom is 0.244 e. The Morgan fingerprint density at radius 3 is 2.12 bits per heavy atom. The maximum absolute atomic E-state index is 13.3. The van der Waals surface area contributed by atoms with E-state index in [1.165, 1.54) is 19.1 Å². The van der Waals surface area contributed by atoms with Crippen LogP contribution in [0.2, 0.25) is 10.0 Å². The summed E-state index contributed by atoms with van der Waals surface area (Å²) in [6.07, 6.45) is 1.03. The van der Waals surface area contributed by atoms with Gasteiger partial charge in [0.2, 0.25) is 15.9 Å². The van der Waals surface area contributed by atoms with Crippen LogP contribution < -0.4 is 9.62 Å². The first-order valence-electron chi connectivity index (χ1n) is 9.94. The van der Waals surface area contributed by atoms with Gasteiger partial charge in [0, 0.05) is 5.02 Å². The fourth-order valence-electron chi connectivity index (χ4n) is 3.46. The molecular weight excluding hydrogens is 467 g/mol. The zero-order chi connectivity index (χ0) is 23.5. The molecule has 0 saturated carbocycles. The number of aryl methyl sites for hydroxylation is 1.